The van der Waals surface area contributed by atoms with Crippen LogP contribution >= 0.6 is 11.3 Å². The number of ether oxygens (including phenoxy) is 1. The molecule has 0 radical (unpaired) electrons. The number of rotatable bonds is 7. The predicted octanol–water partition coefficient (Wildman–Crippen LogP) is 2.25. The number of carbonyl (C=O) groups excluding carboxylic acids is 2. The van der Waals surface area contributed by atoms with Crippen molar-refractivity contribution in [3.8, 4) is 5.75 Å². The Hall–Kier alpha value is -3.27. The van der Waals surface area contributed by atoms with Crippen molar-refractivity contribution in [2.45, 2.75) is 26.3 Å². The lowest BCUT2D eigenvalue weighted by atomic mass is 9.87. The molecule has 2 aromatic rings. The number of thiophene rings is 1. The molecule has 0 unspecified atom stereocenters. The van der Waals surface area contributed by atoms with E-state index in [4.69, 9.17) is 21.0 Å². The summed E-state index contributed by atoms with van der Waals surface area (Å²) < 4.78 is 19.2. The van der Waals surface area contributed by atoms with Crippen LogP contribution < -0.4 is 10.5 Å². The fourth-order valence-corrected chi connectivity index (χ4v) is 4.07. The van der Waals surface area contributed by atoms with Gasteiger partial charge in [0.05, 0.1) is 6.54 Å². The molecule has 1 aromatic carbocycles. The van der Waals surface area contributed by atoms with E-state index in [2.05, 4.69) is 0 Å². The highest BCUT2D eigenvalue weighted by molar-refractivity contribution is 7.14. The molecule has 1 saturated heterocycles. The van der Waals surface area contributed by atoms with Crippen molar-refractivity contribution in [1.82, 2.24) is 4.90 Å². The summed E-state index contributed by atoms with van der Waals surface area (Å²) in [6.45, 7) is 3.64. The number of nitrogens with one attached hydrogen (secondary N) is 1. The van der Waals surface area contributed by atoms with E-state index < -0.39 is 29.2 Å². The molecule has 3 rings (SSSR count). The summed E-state index contributed by atoms with van der Waals surface area (Å²) in [5.41, 5.74) is 4.63. The lowest BCUT2D eigenvalue weighted by Gasteiger charge is -2.23. The van der Waals surface area contributed by atoms with Gasteiger partial charge in [0, 0.05) is 15.9 Å². The Morgan fingerprint density at radius 2 is 2.03 bits per heavy atom. The van der Waals surface area contributed by atoms with Crippen LogP contribution in [0.25, 0.3) is 0 Å². The first kappa shape index (κ1) is 21.4. The molecular formula is C20H20FN3O5S. The van der Waals surface area contributed by atoms with E-state index in [9.17, 15) is 18.8 Å². The second-order valence-corrected chi connectivity index (χ2v) is 8.75. The third kappa shape index (κ3) is 4.48. The summed E-state index contributed by atoms with van der Waals surface area (Å²) in [5, 5.41) is 16.3. The number of carboxylic acid groups (broad SMARTS) is 1. The normalized spacial score (nSPS) is 15.6. The minimum Gasteiger partial charge on any atom is -0.480 e. The van der Waals surface area contributed by atoms with Crippen molar-refractivity contribution in [2.24, 2.45) is 11.1 Å². The summed E-state index contributed by atoms with van der Waals surface area (Å²) in [6, 6.07) is 6.05. The van der Waals surface area contributed by atoms with Gasteiger partial charge in [-0.3, -0.25) is 10.2 Å². The smallest absolute Gasteiger partial charge is 0.353 e. The standard InChI is InChI=1S/C20H20FN3O5S/c1-20(2,19(28)24-9-13(24)17(25)26)8-11-4-6-15(30-11)18(27)29-14-5-3-10(16(22)23)7-12(14)21/h3-7,13H,8-9H2,1-2H3,(H3,22,23)(H,25,26)/t13-,24?/m0/s1. The maximum atomic E-state index is 14.1. The number of amides is 1. The number of nitrogen functional groups attached to an aromatic ring is 1. The highest BCUT2D eigenvalue weighted by Gasteiger charge is 2.48. The Labute approximate surface area is 175 Å². The Bertz CT molecular complexity index is 1050. The Morgan fingerprint density at radius 1 is 1.33 bits per heavy atom. The summed E-state index contributed by atoms with van der Waals surface area (Å²) in [5.74, 6) is -3.43. The highest BCUT2D eigenvalue weighted by Crippen LogP contribution is 2.33. The molecule has 30 heavy (non-hydrogen) atoms. The zero-order valence-electron chi connectivity index (χ0n) is 16.3. The Kier molecular flexibility index (Phi) is 5.62. The van der Waals surface area contributed by atoms with Gasteiger partial charge >= 0.3 is 11.9 Å². The zero-order chi connectivity index (χ0) is 22.2. The van der Waals surface area contributed by atoms with E-state index in [0.717, 1.165) is 22.3 Å². The first-order valence-corrected chi connectivity index (χ1v) is 9.80. The number of carboxylic acids is 1. The van der Waals surface area contributed by atoms with E-state index in [1.54, 1.807) is 19.9 Å². The predicted molar refractivity (Wildman–Crippen MR) is 107 cm³/mol. The lowest BCUT2D eigenvalue weighted by molar-refractivity contribution is -0.142. The van der Waals surface area contributed by atoms with Crippen LogP contribution in [0.5, 0.6) is 5.75 Å². The first-order chi connectivity index (χ1) is 14.0. The van der Waals surface area contributed by atoms with Crippen LogP contribution in [-0.2, 0) is 16.0 Å². The van der Waals surface area contributed by atoms with Gasteiger partial charge in [-0.25, -0.2) is 14.0 Å². The van der Waals surface area contributed by atoms with E-state index >= 15 is 0 Å². The SMILES string of the molecule is CC(C)(Cc1ccc(C(=O)Oc2ccc(C(=N)N)cc2F)s1)C(=O)N1C[C@H]1C(=O)O. The van der Waals surface area contributed by atoms with E-state index in [-0.39, 0.29) is 34.5 Å². The lowest BCUT2D eigenvalue weighted by Crippen LogP contribution is -2.34. The van der Waals surface area contributed by atoms with Crippen LogP contribution in [0.3, 0.4) is 0 Å². The van der Waals surface area contributed by atoms with Crippen molar-refractivity contribution in [1.29, 1.82) is 5.41 Å². The van der Waals surface area contributed by atoms with Crippen LogP contribution in [0.15, 0.2) is 30.3 Å². The minimum absolute atomic E-state index is 0.175. The fourth-order valence-electron chi connectivity index (χ4n) is 2.96. The highest BCUT2D eigenvalue weighted by atomic mass is 32.1. The second-order valence-electron chi connectivity index (χ2n) is 7.59. The molecule has 0 aliphatic carbocycles. The average molecular weight is 433 g/mol. The maximum absolute atomic E-state index is 14.1. The van der Waals surface area contributed by atoms with Gasteiger partial charge in [-0.2, -0.15) is 0 Å². The fraction of sp³-hybridized carbons (Fsp3) is 0.300. The van der Waals surface area contributed by atoms with Gasteiger partial charge in [0.25, 0.3) is 0 Å². The molecule has 1 fully saturated rings. The molecule has 1 atom stereocenters. The number of aliphatic carboxylic acids is 1. The summed E-state index contributed by atoms with van der Waals surface area (Å²) in [7, 11) is 0. The second kappa shape index (κ2) is 7.86. The third-order valence-electron chi connectivity index (χ3n) is 4.66. The number of carbonyl (C=O) groups is 3. The monoisotopic (exact) mass is 433 g/mol. The molecule has 1 aliphatic heterocycles. The molecule has 1 amide bonds. The van der Waals surface area contributed by atoms with Crippen molar-refractivity contribution >= 4 is 35.0 Å². The van der Waals surface area contributed by atoms with Crippen molar-refractivity contribution in [3.05, 3.63) is 51.5 Å². The van der Waals surface area contributed by atoms with Crippen molar-refractivity contribution in [2.75, 3.05) is 6.54 Å². The molecule has 0 bridgehead atoms. The van der Waals surface area contributed by atoms with Crippen LogP contribution in [0.4, 0.5) is 4.39 Å². The minimum atomic E-state index is -1.02. The molecule has 2 heterocycles. The van der Waals surface area contributed by atoms with Gasteiger partial charge in [-0.1, -0.05) is 13.8 Å². The Morgan fingerprint density at radius 3 is 2.60 bits per heavy atom. The van der Waals surface area contributed by atoms with Crippen LogP contribution in [0.1, 0.15) is 34.0 Å². The quantitative estimate of drug-likeness (QED) is 0.202. The molecule has 1 aromatic heterocycles. The molecule has 4 N–H and O–H groups in total. The summed E-state index contributed by atoms with van der Waals surface area (Å²) in [6.07, 6.45) is 0.314. The summed E-state index contributed by atoms with van der Waals surface area (Å²) in [4.78, 5) is 38.2. The number of hydrogen-bond acceptors (Lipinski definition) is 6. The number of halogens is 1. The van der Waals surface area contributed by atoms with Crippen LogP contribution in [-0.4, -0.2) is 46.3 Å². The van der Waals surface area contributed by atoms with E-state index in [1.807, 2.05) is 0 Å². The first-order valence-electron chi connectivity index (χ1n) is 8.98. The number of amidine groups is 1. The average Bonchev–Trinajstić information content (AvgIpc) is 3.34. The number of nitrogens with two attached hydrogens (primary N) is 1. The van der Waals surface area contributed by atoms with Gasteiger partial charge in [-0.15, -0.1) is 11.3 Å². The number of hydrogen-bond donors (Lipinski definition) is 3. The molecule has 1 aliphatic rings. The maximum Gasteiger partial charge on any atom is 0.353 e. The van der Waals surface area contributed by atoms with Crippen LogP contribution in [0, 0.1) is 16.6 Å². The molecular weight excluding hydrogens is 413 g/mol. The van der Waals surface area contributed by atoms with E-state index in [1.165, 1.54) is 23.1 Å². The topological polar surface area (TPSA) is 134 Å². The van der Waals surface area contributed by atoms with Crippen LogP contribution in [0.2, 0.25) is 0 Å². The molecule has 0 spiro atoms. The third-order valence-corrected chi connectivity index (χ3v) is 5.73. The molecule has 0 saturated carbocycles. The van der Waals surface area contributed by atoms with Gasteiger partial charge in [-0.05, 0) is 36.8 Å². The van der Waals surface area contributed by atoms with Gasteiger partial charge < -0.3 is 20.5 Å². The van der Waals surface area contributed by atoms with E-state index in [0.29, 0.717) is 6.42 Å². The molecule has 158 valence electrons. The molecule has 10 heteroatoms. The van der Waals surface area contributed by atoms with Gasteiger partial charge in [0.15, 0.2) is 11.6 Å². The number of nitrogens with zero attached hydrogens (tertiary/aromatic N) is 1. The Balaban J connectivity index is 1.66. The van der Waals surface area contributed by atoms with Crippen molar-refractivity contribution in [3.63, 3.8) is 0 Å². The zero-order valence-corrected chi connectivity index (χ0v) is 17.1. The van der Waals surface area contributed by atoms with Gasteiger partial charge in [0.1, 0.15) is 16.8 Å². The summed E-state index contributed by atoms with van der Waals surface area (Å²) >= 11 is 1.12. The largest absolute Gasteiger partial charge is 0.480 e. The van der Waals surface area contributed by atoms with Crippen molar-refractivity contribution < 1.29 is 28.6 Å². The number of benzene rings is 1. The van der Waals surface area contributed by atoms with Gasteiger partial charge in [0.2, 0.25) is 5.91 Å². The number of esters is 1. The molecule has 8 nitrogen and oxygen atoms in total.